The third kappa shape index (κ3) is 2.53. The Morgan fingerprint density at radius 3 is 3.11 bits per heavy atom. The van der Waals surface area contributed by atoms with Gasteiger partial charge in [-0.3, -0.25) is 9.78 Å². The topological polar surface area (TPSA) is 82.3 Å². The van der Waals surface area contributed by atoms with Crippen molar-refractivity contribution < 1.29 is 9.53 Å². The summed E-state index contributed by atoms with van der Waals surface area (Å²) in [6, 6.07) is 0. The second-order valence-electron chi connectivity index (χ2n) is 4.74. The first-order valence-electron chi connectivity index (χ1n) is 5.94. The van der Waals surface area contributed by atoms with Crippen molar-refractivity contribution in [3.05, 3.63) is 12.4 Å². The molecule has 8 heteroatoms. The smallest absolute Gasteiger partial charge is 0.306 e. The van der Waals surface area contributed by atoms with Crippen molar-refractivity contribution in [1.29, 1.82) is 0 Å². The van der Waals surface area contributed by atoms with E-state index in [4.69, 9.17) is 4.74 Å². The number of nitrogens with zero attached hydrogens (tertiary/aromatic N) is 5. The lowest BCUT2D eigenvalue weighted by atomic mass is 10.1. The number of hydrogen-bond donors (Lipinski definition) is 0. The number of fused-ring (bicyclic) bond motifs is 1. The fraction of sp³-hybridized carbons (Fsp3) is 0.545. The molecule has 100 valence electrons. The highest BCUT2D eigenvalue weighted by Crippen LogP contribution is 2.52. The second-order valence-corrected chi connectivity index (χ2v) is 5.73. The van der Waals surface area contributed by atoms with Crippen LogP contribution in [-0.4, -0.2) is 43.9 Å². The van der Waals surface area contributed by atoms with E-state index in [0.717, 1.165) is 23.6 Å². The van der Waals surface area contributed by atoms with E-state index in [2.05, 4.69) is 20.5 Å². The Morgan fingerprint density at radius 1 is 1.53 bits per heavy atom. The van der Waals surface area contributed by atoms with Crippen LogP contribution in [0.3, 0.4) is 0 Å². The normalized spacial score (nSPS) is 16.5. The zero-order chi connectivity index (χ0) is 13.3. The molecule has 0 atom stereocenters. The molecule has 0 radical (unpaired) electrons. The van der Waals surface area contributed by atoms with Gasteiger partial charge in [0.2, 0.25) is 0 Å². The van der Waals surface area contributed by atoms with Crippen molar-refractivity contribution in [2.75, 3.05) is 12.9 Å². The van der Waals surface area contributed by atoms with E-state index in [9.17, 15) is 4.79 Å². The largest absolute Gasteiger partial charge is 0.469 e. The number of hydrogen-bond acceptors (Lipinski definition) is 7. The number of ether oxygens (including phenoxy) is 1. The van der Waals surface area contributed by atoms with E-state index in [1.54, 1.807) is 28.7 Å². The molecular formula is C11H13N5O2S. The number of carbonyl (C=O) groups is 1. The molecule has 0 aliphatic heterocycles. The lowest BCUT2D eigenvalue weighted by Gasteiger charge is -2.12. The van der Waals surface area contributed by atoms with Crippen LogP contribution < -0.4 is 0 Å². The lowest BCUT2D eigenvalue weighted by Crippen LogP contribution is -2.13. The van der Waals surface area contributed by atoms with Crippen LogP contribution in [0.4, 0.5) is 0 Å². The molecule has 0 spiro atoms. The Kier molecular flexibility index (Phi) is 3.09. The first kappa shape index (κ1) is 12.3. The molecule has 0 saturated heterocycles. The molecule has 1 saturated carbocycles. The molecule has 2 heterocycles. The maximum atomic E-state index is 11.4. The Morgan fingerprint density at radius 2 is 2.37 bits per heavy atom. The highest BCUT2D eigenvalue weighted by Gasteiger charge is 2.44. The zero-order valence-corrected chi connectivity index (χ0v) is 11.3. The lowest BCUT2D eigenvalue weighted by molar-refractivity contribution is -0.141. The number of aromatic nitrogens is 5. The second kappa shape index (κ2) is 4.76. The number of rotatable bonds is 5. The summed E-state index contributed by atoms with van der Waals surface area (Å²) in [5.41, 5.74) is 0.705. The van der Waals surface area contributed by atoms with Crippen LogP contribution in [0.15, 0.2) is 17.4 Å². The van der Waals surface area contributed by atoms with Crippen LogP contribution in [0.2, 0.25) is 0 Å². The third-order valence-corrected chi connectivity index (χ3v) is 4.64. The molecule has 3 rings (SSSR count). The summed E-state index contributed by atoms with van der Waals surface area (Å²) in [6.45, 7) is 0. The minimum Gasteiger partial charge on any atom is -0.469 e. The predicted octanol–water partition coefficient (Wildman–Crippen LogP) is 0.955. The van der Waals surface area contributed by atoms with Crippen LogP contribution in [0.1, 0.15) is 19.3 Å². The van der Waals surface area contributed by atoms with E-state index < -0.39 is 0 Å². The maximum absolute atomic E-state index is 11.4. The monoisotopic (exact) mass is 279 g/mol. The van der Waals surface area contributed by atoms with Gasteiger partial charge in [0.1, 0.15) is 5.03 Å². The minimum atomic E-state index is -0.142. The molecule has 1 fully saturated rings. The van der Waals surface area contributed by atoms with E-state index in [1.165, 1.54) is 7.11 Å². The van der Waals surface area contributed by atoms with Crippen molar-refractivity contribution in [1.82, 2.24) is 25.0 Å². The highest BCUT2D eigenvalue weighted by molar-refractivity contribution is 7.99. The summed E-state index contributed by atoms with van der Waals surface area (Å²) < 4.78 is 6.40. The van der Waals surface area contributed by atoms with Crippen molar-refractivity contribution in [3.63, 3.8) is 0 Å². The zero-order valence-electron chi connectivity index (χ0n) is 10.4. The fourth-order valence-corrected chi connectivity index (χ4v) is 3.14. The molecule has 0 N–H and O–H groups in total. The van der Waals surface area contributed by atoms with Gasteiger partial charge in [-0.05, 0) is 28.7 Å². The number of tetrazole rings is 1. The molecule has 0 aromatic carbocycles. The average Bonchev–Trinajstić information content (AvgIpc) is 3.01. The van der Waals surface area contributed by atoms with Crippen LogP contribution >= 0.6 is 11.8 Å². The summed E-state index contributed by atoms with van der Waals surface area (Å²) in [5, 5.41) is 12.3. The standard InChI is InChI=1S/C11H13N5O2S/c1-18-10(17)4-11(2-3-11)7-19-9-6-12-5-8-13-14-15-16(8)9/h5-6H,2-4,7H2,1H3. The molecule has 7 nitrogen and oxygen atoms in total. The molecule has 19 heavy (non-hydrogen) atoms. The van der Waals surface area contributed by atoms with E-state index in [-0.39, 0.29) is 11.4 Å². The highest BCUT2D eigenvalue weighted by atomic mass is 32.2. The summed E-state index contributed by atoms with van der Waals surface area (Å²) in [5.74, 6) is 0.708. The number of carbonyl (C=O) groups excluding carboxylic acids is 1. The first-order valence-corrected chi connectivity index (χ1v) is 6.93. The van der Waals surface area contributed by atoms with Crippen LogP contribution in [0.25, 0.3) is 5.65 Å². The minimum absolute atomic E-state index is 0.0773. The molecule has 1 aliphatic rings. The summed E-state index contributed by atoms with van der Waals surface area (Å²) in [7, 11) is 1.43. The fourth-order valence-electron chi connectivity index (χ4n) is 1.91. The Hall–Kier alpha value is -1.70. The van der Waals surface area contributed by atoms with Gasteiger partial charge in [-0.1, -0.05) is 0 Å². The Bertz CT molecular complexity index is 610. The van der Waals surface area contributed by atoms with E-state index in [1.807, 2.05) is 0 Å². The SMILES string of the molecule is COC(=O)CC1(CSc2cncc3nnnn23)CC1. The van der Waals surface area contributed by atoms with Gasteiger partial charge in [-0.2, -0.15) is 4.52 Å². The van der Waals surface area contributed by atoms with Gasteiger partial charge in [0.25, 0.3) is 0 Å². The van der Waals surface area contributed by atoms with Crippen molar-refractivity contribution in [3.8, 4) is 0 Å². The first-order chi connectivity index (χ1) is 9.22. The number of esters is 1. The average molecular weight is 279 g/mol. The molecule has 2 aromatic heterocycles. The summed E-state index contributed by atoms with van der Waals surface area (Å²) in [6.07, 6.45) is 5.96. The van der Waals surface area contributed by atoms with Gasteiger partial charge < -0.3 is 4.74 Å². The Labute approximate surface area is 113 Å². The Balaban J connectivity index is 1.69. The molecular weight excluding hydrogens is 266 g/mol. The molecule has 0 amide bonds. The van der Waals surface area contributed by atoms with E-state index >= 15 is 0 Å². The third-order valence-electron chi connectivity index (χ3n) is 3.31. The maximum Gasteiger partial charge on any atom is 0.306 e. The summed E-state index contributed by atoms with van der Waals surface area (Å²) >= 11 is 1.63. The van der Waals surface area contributed by atoms with Crippen LogP contribution in [0.5, 0.6) is 0 Å². The van der Waals surface area contributed by atoms with Crippen molar-refractivity contribution in [2.45, 2.75) is 24.3 Å². The molecule has 0 unspecified atom stereocenters. The van der Waals surface area contributed by atoms with Crippen LogP contribution in [0, 0.1) is 5.41 Å². The molecule has 2 aromatic rings. The van der Waals surface area contributed by atoms with Crippen LogP contribution in [-0.2, 0) is 9.53 Å². The quantitative estimate of drug-likeness (QED) is 0.595. The van der Waals surface area contributed by atoms with Gasteiger partial charge in [0, 0.05) is 5.75 Å². The van der Waals surface area contributed by atoms with Gasteiger partial charge in [-0.25, -0.2) is 0 Å². The van der Waals surface area contributed by atoms with Gasteiger partial charge in [0.05, 0.1) is 25.9 Å². The van der Waals surface area contributed by atoms with Gasteiger partial charge in [-0.15, -0.1) is 16.9 Å². The predicted molar refractivity (Wildman–Crippen MR) is 67.6 cm³/mol. The van der Waals surface area contributed by atoms with Crippen molar-refractivity contribution >= 4 is 23.4 Å². The van der Waals surface area contributed by atoms with Gasteiger partial charge in [0.15, 0.2) is 5.65 Å². The number of thioether (sulfide) groups is 1. The van der Waals surface area contributed by atoms with E-state index in [0.29, 0.717) is 12.1 Å². The molecule has 0 bridgehead atoms. The summed E-state index contributed by atoms with van der Waals surface area (Å²) in [4.78, 5) is 15.5. The number of methoxy groups -OCH3 is 1. The van der Waals surface area contributed by atoms with Gasteiger partial charge >= 0.3 is 5.97 Å². The molecule has 1 aliphatic carbocycles. The van der Waals surface area contributed by atoms with Crippen molar-refractivity contribution in [2.24, 2.45) is 5.41 Å².